The van der Waals surface area contributed by atoms with E-state index in [4.69, 9.17) is 19.9 Å². The first-order valence-corrected chi connectivity index (χ1v) is 14.2. The van der Waals surface area contributed by atoms with Crippen molar-refractivity contribution < 1.29 is 19.0 Å². The number of nitrogens with two attached hydrogens (primary N) is 1. The topological polar surface area (TPSA) is 117 Å². The molecule has 0 unspecified atom stereocenters. The van der Waals surface area contributed by atoms with Crippen molar-refractivity contribution in [3.05, 3.63) is 72.7 Å². The zero-order valence-corrected chi connectivity index (χ0v) is 23.1. The Balaban J connectivity index is 1.07. The van der Waals surface area contributed by atoms with Crippen LogP contribution >= 0.6 is 0 Å². The molecule has 1 aliphatic heterocycles. The number of fused-ring (bicyclic) bond motifs is 1. The molecular weight excluding hydrogens is 520 g/mol. The lowest BCUT2D eigenvalue weighted by molar-refractivity contribution is 0.0279. The highest BCUT2D eigenvalue weighted by atomic mass is 16.5. The Kier molecular flexibility index (Phi) is 8.29. The second-order valence-electron chi connectivity index (χ2n) is 10.7. The molecular formula is C31H36N6O4. The largest absolute Gasteiger partial charge is 0.489 e. The molecule has 214 valence electrons. The van der Waals surface area contributed by atoms with E-state index in [1.54, 1.807) is 0 Å². The van der Waals surface area contributed by atoms with E-state index in [9.17, 15) is 4.79 Å². The second kappa shape index (κ2) is 12.6. The van der Waals surface area contributed by atoms with Crippen LogP contribution in [0.4, 0.5) is 10.6 Å². The molecule has 0 radical (unpaired) electrons. The molecule has 1 saturated carbocycles. The van der Waals surface area contributed by atoms with Crippen LogP contribution in [-0.4, -0.2) is 71.5 Å². The number of anilines is 1. The molecule has 2 aliphatic rings. The summed E-state index contributed by atoms with van der Waals surface area (Å²) >= 11 is 0. The number of carbonyl (C=O) groups excluding carboxylic acids is 1. The lowest BCUT2D eigenvalue weighted by Crippen LogP contribution is -2.40. The zero-order chi connectivity index (χ0) is 28.0. The number of carbonyl (C=O) groups is 1. The van der Waals surface area contributed by atoms with Crippen LogP contribution in [0.25, 0.3) is 22.2 Å². The van der Waals surface area contributed by atoms with Gasteiger partial charge in [-0.2, -0.15) is 0 Å². The van der Waals surface area contributed by atoms with Crippen molar-refractivity contribution in [2.45, 2.75) is 25.5 Å². The molecule has 10 nitrogen and oxygen atoms in total. The van der Waals surface area contributed by atoms with E-state index in [0.29, 0.717) is 31.5 Å². The summed E-state index contributed by atoms with van der Waals surface area (Å²) in [6, 6.07) is 18.4. The van der Waals surface area contributed by atoms with E-state index < -0.39 is 0 Å². The fourth-order valence-electron chi connectivity index (χ4n) is 5.57. The maximum absolute atomic E-state index is 12.2. The highest BCUT2D eigenvalue weighted by molar-refractivity contribution is 6.00. The quantitative estimate of drug-likeness (QED) is 0.298. The normalized spacial score (nSPS) is 19.0. The SMILES string of the molecule is Nc1ncnc2c1c(-c1cccc(OCc3ccccc3)c1)cn2C1CC(CNC(=O)OCCN2CCOCC2)C1. The van der Waals surface area contributed by atoms with Gasteiger partial charge in [0.1, 0.15) is 36.8 Å². The molecule has 3 N–H and O–H groups in total. The van der Waals surface area contributed by atoms with Crippen molar-refractivity contribution in [3.8, 4) is 16.9 Å². The molecule has 3 heterocycles. The van der Waals surface area contributed by atoms with Crippen LogP contribution in [0.3, 0.4) is 0 Å². The lowest BCUT2D eigenvalue weighted by Gasteiger charge is -2.36. The minimum absolute atomic E-state index is 0.266. The first-order valence-electron chi connectivity index (χ1n) is 14.2. The van der Waals surface area contributed by atoms with Gasteiger partial charge in [0.2, 0.25) is 0 Å². The van der Waals surface area contributed by atoms with Crippen molar-refractivity contribution in [3.63, 3.8) is 0 Å². The van der Waals surface area contributed by atoms with Gasteiger partial charge in [0.25, 0.3) is 0 Å². The molecule has 10 heteroatoms. The van der Waals surface area contributed by atoms with Crippen molar-refractivity contribution >= 4 is 22.9 Å². The number of benzene rings is 2. The summed E-state index contributed by atoms with van der Waals surface area (Å²) in [6.07, 6.45) is 5.15. The Labute approximate surface area is 239 Å². The Hall–Kier alpha value is -4.15. The molecule has 6 rings (SSSR count). The van der Waals surface area contributed by atoms with Crippen molar-refractivity contribution in [1.29, 1.82) is 0 Å². The van der Waals surface area contributed by atoms with E-state index in [1.165, 1.54) is 6.33 Å². The predicted molar refractivity (Wildman–Crippen MR) is 157 cm³/mol. The fraction of sp³-hybridized carbons (Fsp3) is 0.387. The highest BCUT2D eigenvalue weighted by Gasteiger charge is 2.33. The number of rotatable bonds is 10. The number of nitrogens with one attached hydrogen (secondary N) is 1. The minimum atomic E-state index is -0.356. The molecule has 2 aromatic heterocycles. The highest BCUT2D eigenvalue weighted by Crippen LogP contribution is 2.43. The Bertz CT molecular complexity index is 1460. The summed E-state index contributed by atoms with van der Waals surface area (Å²) < 4.78 is 19.0. The molecule has 1 aliphatic carbocycles. The number of amides is 1. The number of nitrogens with zero attached hydrogens (tertiary/aromatic N) is 4. The van der Waals surface area contributed by atoms with Gasteiger partial charge in [-0.1, -0.05) is 42.5 Å². The summed E-state index contributed by atoms with van der Waals surface area (Å²) in [6.45, 7) is 5.45. The molecule has 2 aromatic carbocycles. The average Bonchev–Trinajstić information content (AvgIpc) is 3.37. The Morgan fingerprint density at radius 1 is 1.07 bits per heavy atom. The van der Waals surface area contributed by atoms with Crippen LogP contribution in [0, 0.1) is 5.92 Å². The van der Waals surface area contributed by atoms with E-state index in [-0.39, 0.29) is 12.1 Å². The van der Waals surface area contributed by atoms with Gasteiger partial charge in [-0.3, -0.25) is 4.90 Å². The van der Waals surface area contributed by atoms with E-state index in [1.807, 2.05) is 48.5 Å². The van der Waals surface area contributed by atoms with Crippen LogP contribution in [0.2, 0.25) is 0 Å². The summed E-state index contributed by atoms with van der Waals surface area (Å²) in [5, 5.41) is 3.77. The number of hydrogen-bond acceptors (Lipinski definition) is 8. The van der Waals surface area contributed by atoms with Crippen molar-refractivity contribution in [1.82, 2.24) is 24.8 Å². The summed E-state index contributed by atoms with van der Waals surface area (Å²) in [5.41, 5.74) is 10.3. The number of alkyl carbamates (subject to hydrolysis) is 1. The average molecular weight is 557 g/mol. The maximum atomic E-state index is 12.2. The molecule has 4 aromatic rings. The third kappa shape index (κ3) is 6.44. The maximum Gasteiger partial charge on any atom is 0.407 e. The number of ether oxygens (including phenoxy) is 3. The third-order valence-corrected chi connectivity index (χ3v) is 7.92. The molecule has 0 atom stereocenters. The van der Waals surface area contributed by atoms with Crippen molar-refractivity contribution in [2.75, 3.05) is 51.7 Å². The van der Waals surface area contributed by atoms with Gasteiger partial charge in [0, 0.05) is 44.0 Å². The molecule has 41 heavy (non-hydrogen) atoms. The monoisotopic (exact) mass is 556 g/mol. The van der Waals surface area contributed by atoms with E-state index >= 15 is 0 Å². The zero-order valence-electron chi connectivity index (χ0n) is 23.1. The molecule has 1 amide bonds. The summed E-state index contributed by atoms with van der Waals surface area (Å²) in [7, 11) is 0. The molecule has 1 saturated heterocycles. The van der Waals surface area contributed by atoms with Crippen molar-refractivity contribution in [2.24, 2.45) is 5.92 Å². The Morgan fingerprint density at radius 2 is 1.90 bits per heavy atom. The number of hydrogen-bond donors (Lipinski definition) is 2. The van der Waals surface area contributed by atoms with Crippen LogP contribution < -0.4 is 15.8 Å². The van der Waals surface area contributed by atoms with Gasteiger partial charge >= 0.3 is 6.09 Å². The van der Waals surface area contributed by atoms with Gasteiger partial charge in [0.15, 0.2) is 0 Å². The second-order valence-corrected chi connectivity index (χ2v) is 10.7. The first kappa shape index (κ1) is 27.0. The van der Waals surface area contributed by atoms with E-state index in [0.717, 1.165) is 79.2 Å². The number of nitrogen functional groups attached to an aromatic ring is 1. The number of aromatic nitrogens is 3. The van der Waals surface area contributed by atoms with Crippen LogP contribution in [-0.2, 0) is 16.1 Å². The van der Waals surface area contributed by atoms with Gasteiger partial charge < -0.3 is 29.8 Å². The van der Waals surface area contributed by atoms with Crippen LogP contribution in [0.1, 0.15) is 24.4 Å². The number of morpholine rings is 1. The first-order chi connectivity index (χ1) is 20.1. The summed E-state index contributed by atoms with van der Waals surface area (Å²) in [5.74, 6) is 1.62. The smallest absolute Gasteiger partial charge is 0.407 e. The van der Waals surface area contributed by atoms with Crippen LogP contribution in [0.5, 0.6) is 5.75 Å². The van der Waals surface area contributed by atoms with Gasteiger partial charge in [-0.05, 0) is 42.0 Å². The van der Waals surface area contributed by atoms with Crippen LogP contribution in [0.15, 0.2) is 67.1 Å². The molecule has 2 fully saturated rings. The summed E-state index contributed by atoms with van der Waals surface area (Å²) in [4.78, 5) is 23.3. The third-order valence-electron chi connectivity index (χ3n) is 7.92. The fourth-order valence-corrected chi connectivity index (χ4v) is 5.57. The van der Waals surface area contributed by atoms with Gasteiger partial charge in [-0.25, -0.2) is 14.8 Å². The van der Waals surface area contributed by atoms with E-state index in [2.05, 4.69) is 37.0 Å². The minimum Gasteiger partial charge on any atom is -0.489 e. The molecule has 0 spiro atoms. The lowest BCUT2D eigenvalue weighted by atomic mass is 9.80. The predicted octanol–water partition coefficient (Wildman–Crippen LogP) is 4.27. The Morgan fingerprint density at radius 3 is 2.73 bits per heavy atom. The van der Waals surface area contributed by atoms with Gasteiger partial charge in [-0.15, -0.1) is 0 Å². The standard InChI is InChI=1S/C31H36N6O4/c32-29-28-27(24-7-4-8-26(17-24)41-20-22-5-2-1-3-6-22)19-37(30(28)35-21-34-29)25-15-23(16-25)18-33-31(38)40-14-11-36-9-12-39-13-10-36/h1-8,17,19,21,23,25H,9-16,18,20H2,(H,33,38)(H2,32,34,35). The van der Waals surface area contributed by atoms with Gasteiger partial charge in [0.05, 0.1) is 18.6 Å². The molecule has 0 bridgehead atoms.